The molecule has 1 saturated heterocycles. The Bertz CT molecular complexity index is 476. The summed E-state index contributed by atoms with van der Waals surface area (Å²) >= 11 is 6.02. The van der Waals surface area contributed by atoms with Crippen LogP contribution in [-0.2, 0) is 4.79 Å². The predicted octanol–water partition coefficient (Wildman–Crippen LogP) is 1.28. The highest BCUT2D eigenvalue weighted by molar-refractivity contribution is 6.32. The van der Waals surface area contributed by atoms with Crippen LogP contribution in [0.1, 0.15) is 12.8 Å². The Balaban J connectivity index is 1.70. The molecule has 3 N–H and O–H groups in total. The number of benzene rings is 1. The van der Waals surface area contributed by atoms with E-state index < -0.39 is 12.0 Å². The molecule has 1 unspecified atom stereocenters. The summed E-state index contributed by atoms with van der Waals surface area (Å²) in [4.78, 5) is 13.2. The summed E-state index contributed by atoms with van der Waals surface area (Å²) in [6.07, 6.45) is 0.526. The first-order valence-corrected chi connectivity index (χ1v) is 7.53. The van der Waals surface area contributed by atoms with E-state index in [1.54, 1.807) is 6.07 Å². The van der Waals surface area contributed by atoms with Crippen molar-refractivity contribution in [2.45, 2.75) is 18.9 Å². The van der Waals surface area contributed by atoms with Gasteiger partial charge in [-0.15, -0.1) is 0 Å². The molecule has 1 heterocycles. The number of aliphatic hydroxyl groups excluding tert-OH is 1. The van der Waals surface area contributed by atoms with Gasteiger partial charge in [0.05, 0.1) is 5.02 Å². The minimum absolute atomic E-state index is 0.0248. The van der Waals surface area contributed by atoms with Gasteiger partial charge < -0.3 is 15.6 Å². The average molecular weight is 313 g/mol. The molecule has 0 spiro atoms. The third-order valence-electron chi connectivity index (χ3n) is 3.87. The molecule has 21 heavy (non-hydrogen) atoms. The lowest BCUT2D eigenvalue weighted by Gasteiger charge is -2.33. The average Bonchev–Trinajstić information content (AvgIpc) is 2.49. The van der Waals surface area contributed by atoms with E-state index in [1.165, 1.54) is 0 Å². The highest BCUT2D eigenvalue weighted by Crippen LogP contribution is 2.23. The van der Waals surface area contributed by atoms with Crippen LogP contribution in [0.5, 0.6) is 5.75 Å². The van der Waals surface area contributed by atoms with Gasteiger partial charge >= 0.3 is 0 Å². The zero-order valence-electron chi connectivity index (χ0n) is 11.9. The molecule has 1 aromatic rings. The molecule has 6 heteroatoms. The zero-order chi connectivity index (χ0) is 15.2. The van der Waals surface area contributed by atoms with Crippen molar-refractivity contribution in [2.75, 3.05) is 26.2 Å². The Kier molecular flexibility index (Phi) is 5.85. The fraction of sp³-hybridized carbons (Fsp3) is 0.533. The number of para-hydroxylation sites is 1. The van der Waals surface area contributed by atoms with E-state index in [4.69, 9.17) is 22.1 Å². The second-order valence-electron chi connectivity index (χ2n) is 5.31. The van der Waals surface area contributed by atoms with Crippen molar-refractivity contribution in [3.05, 3.63) is 29.3 Å². The van der Waals surface area contributed by atoms with Crippen molar-refractivity contribution in [1.29, 1.82) is 0 Å². The summed E-state index contributed by atoms with van der Waals surface area (Å²) in [6.45, 7) is 3.03. The van der Waals surface area contributed by atoms with Gasteiger partial charge in [-0.3, -0.25) is 9.69 Å². The summed E-state index contributed by atoms with van der Waals surface area (Å²) in [6, 6.07) is 7.40. The number of nitrogens with two attached hydrogens (primary N) is 1. The third-order valence-corrected chi connectivity index (χ3v) is 4.18. The minimum atomic E-state index is -1.02. The molecule has 0 bridgehead atoms. The second-order valence-corrected chi connectivity index (χ2v) is 5.71. The van der Waals surface area contributed by atoms with Crippen LogP contribution < -0.4 is 10.5 Å². The highest BCUT2D eigenvalue weighted by atomic mass is 35.5. The van der Waals surface area contributed by atoms with Gasteiger partial charge in [0.15, 0.2) is 0 Å². The van der Waals surface area contributed by atoms with E-state index in [2.05, 4.69) is 4.90 Å². The fourth-order valence-electron chi connectivity index (χ4n) is 2.57. The van der Waals surface area contributed by atoms with Crippen molar-refractivity contribution in [3.63, 3.8) is 0 Å². The number of piperidine rings is 1. The maximum Gasteiger partial charge on any atom is 0.246 e. The lowest BCUT2D eigenvalue weighted by molar-refractivity contribution is -0.129. The first-order valence-electron chi connectivity index (χ1n) is 7.15. The van der Waals surface area contributed by atoms with Crippen LogP contribution in [0.25, 0.3) is 0 Å². The Labute approximate surface area is 129 Å². The molecule has 1 aliphatic heterocycles. The zero-order valence-corrected chi connectivity index (χ0v) is 12.6. The summed E-state index contributed by atoms with van der Waals surface area (Å²) in [5.74, 6) is 0.0388. The second kappa shape index (κ2) is 7.64. The molecule has 0 radical (unpaired) electrons. The number of hydrogen-bond donors (Lipinski definition) is 2. The van der Waals surface area contributed by atoms with Crippen molar-refractivity contribution in [1.82, 2.24) is 4.90 Å². The van der Waals surface area contributed by atoms with Crippen molar-refractivity contribution < 1.29 is 14.6 Å². The molecule has 116 valence electrons. The molecule has 0 saturated carbocycles. The van der Waals surface area contributed by atoms with Crippen LogP contribution in [-0.4, -0.2) is 48.3 Å². The van der Waals surface area contributed by atoms with E-state index in [0.29, 0.717) is 17.4 Å². The number of nitrogens with zero attached hydrogens (tertiary/aromatic N) is 1. The van der Waals surface area contributed by atoms with E-state index in [-0.39, 0.29) is 5.92 Å². The molecule has 5 nitrogen and oxygen atoms in total. The van der Waals surface area contributed by atoms with E-state index in [9.17, 15) is 9.90 Å². The number of primary amides is 1. The normalized spacial score (nSPS) is 18.4. The minimum Gasteiger partial charge on any atom is -0.491 e. The van der Waals surface area contributed by atoms with Crippen molar-refractivity contribution in [2.24, 2.45) is 11.7 Å². The van der Waals surface area contributed by atoms with Gasteiger partial charge in [0.2, 0.25) is 5.91 Å². The Morgan fingerprint density at radius 3 is 2.71 bits per heavy atom. The van der Waals surface area contributed by atoms with Gasteiger partial charge in [-0.1, -0.05) is 23.7 Å². The highest BCUT2D eigenvalue weighted by Gasteiger charge is 2.28. The van der Waals surface area contributed by atoms with Crippen LogP contribution in [0.3, 0.4) is 0 Å². The lowest BCUT2D eigenvalue weighted by Crippen LogP contribution is -2.43. The number of halogens is 1. The van der Waals surface area contributed by atoms with Crippen molar-refractivity contribution in [3.8, 4) is 5.75 Å². The van der Waals surface area contributed by atoms with Gasteiger partial charge in [0, 0.05) is 6.54 Å². The first-order chi connectivity index (χ1) is 10.1. The smallest absolute Gasteiger partial charge is 0.246 e. The Morgan fingerprint density at radius 2 is 2.10 bits per heavy atom. The largest absolute Gasteiger partial charge is 0.491 e. The SMILES string of the molecule is NC(=O)C(O)C1CCN(CCOc2ccccc2Cl)CC1. The monoisotopic (exact) mass is 312 g/mol. The number of carbonyl (C=O) groups excluding carboxylic acids is 1. The predicted molar refractivity (Wildman–Crippen MR) is 81.3 cm³/mol. The number of ether oxygens (including phenoxy) is 1. The lowest BCUT2D eigenvalue weighted by atomic mass is 9.91. The Hall–Kier alpha value is -1.30. The molecule has 1 amide bonds. The number of rotatable bonds is 6. The summed E-state index contributed by atoms with van der Waals surface area (Å²) in [5, 5.41) is 10.3. The van der Waals surface area contributed by atoms with E-state index >= 15 is 0 Å². The number of amides is 1. The molecule has 1 fully saturated rings. The maximum absolute atomic E-state index is 11.0. The molecule has 0 aliphatic carbocycles. The topological polar surface area (TPSA) is 75.8 Å². The van der Waals surface area contributed by atoms with Gasteiger partial charge in [-0.2, -0.15) is 0 Å². The van der Waals surface area contributed by atoms with Crippen LogP contribution in [0.4, 0.5) is 0 Å². The molecule has 1 aliphatic rings. The summed E-state index contributed by atoms with van der Waals surface area (Å²) in [5.41, 5.74) is 5.13. The molecule has 1 aromatic carbocycles. The van der Waals surface area contributed by atoms with E-state index in [1.807, 2.05) is 18.2 Å². The molecular weight excluding hydrogens is 292 g/mol. The van der Waals surface area contributed by atoms with Gasteiger partial charge in [0.25, 0.3) is 0 Å². The van der Waals surface area contributed by atoms with Crippen LogP contribution >= 0.6 is 11.6 Å². The van der Waals surface area contributed by atoms with E-state index in [0.717, 1.165) is 32.5 Å². The van der Waals surface area contributed by atoms with Crippen LogP contribution in [0.2, 0.25) is 5.02 Å². The van der Waals surface area contributed by atoms with Crippen LogP contribution in [0.15, 0.2) is 24.3 Å². The van der Waals surface area contributed by atoms with Crippen LogP contribution in [0, 0.1) is 5.92 Å². The Morgan fingerprint density at radius 1 is 1.43 bits per heavy atom. The number of hydrogen-bond acceptors (Lipinski definition) is 4. The van der Waals surface area contributed by atoms with Crippen molar-refractivity contribution >= 4 is 17.5 Å². The number of carbonyl (C=O) groups is 1. The first kappa shape index (κ1) is 16.1. The number of aliphatic hydroxyl groups is 1. The third kappa shape index (κ3) is 4.59. The molecule has 1 atom stereocenters. The van der Waals surface area contributed by atoms with Gasteiger partial charge in [0.1, 0.15) is 18.5 Å². The summed E-state index contributed by atoms with van der Waals surface area (Å²) in [7, 11) is 0. The molecule has 0 aromatic heterocycles. The van der Waals surface area contributed by atoms with Gasteiger partial charge in [-0.25, -0.2) is 0 Å². The standard InChI is InChI=1S/C15H21ClN2O3/c16-12-3-1-2-4-13(12)21-10-9-18-7-5-11(6-8-18)14(19)15(17)20/h1-4,11,14,19H,5-10H2,(H2,17,20). The number of likely N-dealkylation sites (tertiary alicyclic amines) is 1. The summed E-state index contributed by atoms with van der Waals surface area (Å²) < 4.78 is 5.65. The van der Waals surface area contributed by atoms with Gasteiger partial charge in [-0.05, 0) is 44.0 Å². The fourth-order valence-corrected chi connectivity index (χ4v) is 2.76. The quantitative estimate of drug-likeness (QED) is 0.829. The molecular formula is C15H21ClN2O3. The molecule has 2 rings (SSSR count). The maximum atomic E-state index is 11.0.